The van der Waals surface area contributed by atoms with Crippen LogP contribution in [0.3, 0.4) is 0 Å². The first-order chi connectivity index (χ1) is 4.20. The van der Waals surface area contributed by atoms with Crippen LogP contribution in [0, 0.1) is 0 Å². The van der Waals surface area contributed by atoms with Crippen molar-refractivity contribution >= 4 is 5.91 Å². The topological polar surface area (TPSA) is 49.0 Å². The third-order valence-electron chi connectivity index (χ3n) is 0.979. The second kappa shape index (κ2) is 4.32. The van der Waals surface area contributed by atoms with E-state index in [1.54, 1.807) is 13.8 Å². The van der Waals surface area contributed by atoms with Crippen molar-refractivity contribution in [1.82, 2.24) is 5.32 Å². The van der Waals surface area contributed by atoms with E-state index in [-0.39, 0.29) is 18.6 Å². The van der Waals surface area contributed by atoms with Crippen LogP contribution in [-0.4, -0.2) is 18.6 Å². The van der Waals surface area contributed by atoms with Gasteiger partial charge in [-0.15, -0.1) is 0 Å². The summed E-state index contributed by atoms with van der Waals surface area (Å²) in [6.45, 7) is 3.21. The Morgan fingerprint density at radius 2 is 2.22 bits per heavy atom. The van der Waals surface area contributed by atoms with Crippen molar-refractivity contribution < 1.29 is 9.90 Å². The average molecular weight is 130 g/mol. The maximum absolute atomic E-state index is 10.5. The van der Waals surface area contributed by atoms with Gasteiger partial charge in [0.2, 0.25) is 5.91 Å². The highest BCUT2D eigenvalue weighted by Gasteiger charge is 2.02. The van der Waals surface area contributed by atoms with Crippen molar-refractivity contribution in [3.8, 4) is 0 Å². The van der Waals surface area contributed by atoms with Crippen LogP contribution in [0.25, 0.3) is 0 Å². The Morgan fingerprint density at radius 3 is 2.56 bits per heavy atom. The summed E-state index contributed by atoms with van der Waals surface area (Å²) in [4.78, 5) is 10.5. The van der Waals surface area contributed by atoms with E-state index >= 15 is 0 Å². The molecule has 0 aliphatic rings. The molecule has 1 amide bonds. The second-order valence-electron chi connectivity index (χ2n) is 1.99. The molecule has 0 aromatic heterocycles. The lowest BCUT2D eigenvalue weighted by Crippen LogP contribution is -2.33. The SMILES string of the molecule is CCC(=O)NC(C)C[O]. The van der Waals surface area contributed by atoms with Crippen LogP contribution in [-0.2, 0) is 9.90 Å². The molecular weight excluding hydrogens is 118 g/mol. The van der Waals surface area contributed by atoms with Gasteiger partial charge in [0.1, 0.15) is 6.61 Å². The first-order valence-corrected chi connectivity index (χ1v) is 3.08. The molecular formula is C6H12NO2. The zero-order valence-corrected chi connectivity index (χ0v) is 5.81. The van der Waals surface area contributed by atoms with Crippen LogP contribution in [0.2, 0.25) is 0 Å². The Morgan fingerprint density at radius 1 is 1.67 bits per heavy atom. The minimum atomic E-state index is -0.244. The van der Waals surface area contributed by atoms with Gasteiger partial charge in [0.25, 0.3) is 0 Å². The van der Waals surface area contributed by atoms with Gasteiger partial charge in [0.15, 0.2) is 0 Å². The Bertz CT molecular complexity index is 93.1. The highest BCUT2D eigenvalue weighted by Crippen LogP contribution is 1.81. The summed E-state index contributed by atoms with van der Waals surface area (Å²) in [5.41, 5.74) is 0. The molecule has 0 saturated heterocycles. The molecule has 0 aromatic carbocycles. The van der Waals surface area contributed by atoms with Crippen molar-refractivity contribution in [3.63, 3.8) is 0 Å². The predicted octanol–water partition coefficient (Wildman–Crippen LogP) is 0.332. The molecule has 9 heavy (non-hydrogen) atoms. The van der Waals surface area contributed by atoms with Gasteiger partial charge in [0.05, 0.1) is 6.04 Å². The minimum Gasteiger partial charge on any atom is -0.351 e. The molecule has 3 heteroatoms. The summed E-state index contributed by atoms with van der Waals surface area (Å²) in [5, 5.41) is 12.6. The predicted molar refractivity (Wildman–Crippen MR) is 33.4 cm³/mol. The lowest BCUT2D eigenvalue weighted by atomic mass is 10.3. The lowest BCUT2D eigenvalue weighted by molar-refractivity contribution is -0.121. The molecule has 53 valence electrons. The third kappa shape index (κ3) is 3.97. The van der Waals surface area contributed by atoms with Gasteiger partial charge in [-0.1, -0.05) is 6.92 Å². The smallest absolute Gasteiger partial charge is 0.220 e. The van der Waals surface area contributed by atoms with Crippen molar-refractivity contribution in [1.29, 1.82) is 0 Å². The highest BCUT2D eigenvalue weighted by molar-refractivity contribution is 5.75. The van der Waals surface area contributed by atoms with E-state index in [4.69, 9.17) is 0 Å². The maximum Gasteiger partial charge on any atom is 0.220 e. The van der Waals surface area contributed by atoms with E-state index in [0.717, 1.165) is 0 Å². The third-order valence-corrected chi connectivity index (χ3v) is 0.979. The summed E-state index contributed by atoms with van der Waals surface area (Å²) >= 11 is 0. The normalized spacial score (nSPS) is 12.8. The number of hydrogen-bond acceptors (Lipinski definition) is 1. The molecule has 1 unspecified atom stereocenters. The molecule has 0 bridgehead atoms. The van der Waals surface area contributed by atoms with Gasteiger partial charge in [-0.25, -0.2) is 5.11 Å². The Balaban J connectivity index is 3.34. The number of rotatable bonds is 3. The zero-order chi connectivity index (χ0) is 7.28. The molecule has 0 aromatic rings. The summed E-state index contributed by atoms with van der Waals surface area (Å²) in [7, 11) is 0. The van der Waals surface area contributed by atoms with E-state index in [0.29, 0.717) is 6.42 Å². The van der Waals surface area contributed by atoms with Gasteiger partial charge < -0.3 is 5.32 Å². The Hall–Kier alpha value is -0.570. The highest BCUT2D eigenvalue weighted by atomic mass is 16.3. The molecule has 1 N–H and O–H groups in total. The van der Waals surface area contributed by atoms with Crippen LogP contribution < -0.4 is 5.32 Å². The number of carbonyl (C=O) groups is 1. The summed E-state index contributed by atoms with van der Waals surface area (Å²) in [6, 6.07) is -0.225. The van der Waals surface area contributed by atoms with E-state index in [1.807, 2.05) is 0 Å². The molecule has 3 nitrogen and oxygen atoms in total. The van der Waals surface area contributed by atoms with E-state index in [1.165, 1.54) is 0 Å². The standard InChI is InChI=1S/C6H12NO2/c1-3-6(9)7-5(2)4-8/h5H,3-4H2,1-2H3,(H,7,9). The van der Waals surface area contributed by atoms with E-state index < -0.39 is 0 Å². The summed E-state index contributed by atoms with van der Waals surface area (Å²) in [5.74, 6) is -0.0571. The molecule has 0 fully saturated rings. The first-order valence-electron chi connectivity index (χ1n) is 3.08. The molecule has 1 atom stereocenters. The molecule has 0 aliphatic heterocycles. The van der Waals surface area contributed by atoms with Crippen LogP contribution in [0.5, 0.6) is 0 Å². The first kappa shape index (κ1) is 8.43. The van der Waals surface area contributed by atoms with Crippen molar-refractivity contribution in [2.45, 2.75) is 26.3 Å². The molecule has 1 radical (unpaired) electrons. The fourth-order valence-electron chi connectivity index (χ4n) is 0.419. The molecule has 0 spiro atoms. The Labute approximate surface area is 55.1 Å². The largest absolute Gasteiger partial charge is 0.351 e. The fourth-order valence-corrected chi connectivity index (χ4v) is 0.419. The van der Waals surface area contributed by atoms with Gasteiger partial charge in [-0.05, 0) is 6.92 Å². The molecule has 0 rings (SSSR count). The maximum atomic E-state index is 10.5. The summed E-state index contributed by atoms with van der Waals surface area (Å²) < 4.78 is 0. The lowest BCUT2D eigenvalue weighted by Gasteiger charge is -2.07. The number of amides is 1. The van der Waals surface area contributed by atoms with Crippen molar-refractivity contribution in [2.24, 2.45) is 0 Å². The van der Waals surface area contributed by atoms with Crippen LogP contribution in [0.4, 0.5) is 0 Å². The van der Waals surface area contributed by atoms with E-state index in [2.05, 4.69) is 5.32 Å². The van der Waals surface area contributed by atoms with Crippen LogP contribution in [0.15, 0.2) is 0 Å². The minimum absolute atomic E-state index is 0.0571. The molecule has 0 saturated carbocycles. The van der Waals surface area contributed by atoms with Crippen molar-refractivity contribution in [3.05, 3.63) is 0 Å². The zero-order valence-electron chi connectivity index (χ0n) is 5.81. The molecule has 0 aliphatic carbocycles. The van der Waals surface area contributed by atoms with Gasteiger partial charge in [0, 0.05) is 6.42 Å². The van der Waals surface area contributed by atoms with Gasteiger partial charge in [-0.3, -0.25) is 4.79 Å². The molecule has 0 heterocycles. The second-order valence-corrected chi connectivity index (χ2v) is 1.99. The fraction of sp³-hybridized carbons (Fsp3) is 0.833. The number of carbonyl (C=O) groups excluding carboxylic acids is 1. The van der Waals surface area contributed by atoms with Crippen LogP contribution in [0.1, 0.15) is 20.3 Å². The van der Waals surface area contributed by atoms with Crippen LogP contribution >= 0.6 is 0 Å². The monoisotopic (exact) mass is 130 g/mol. The van der Waals surface area contributed by atoms with Gasteiger partial charge >= 0.3 is 0 Å². The Kier molecular flexibility index (Phi) is 4.05. The number of nitrogens with one attached hydrogen (secondary N) is 1. The van der Waals surface area contributed by atoms with E-state index in [9.17, 15) is 9.90 Å². The van der Waals surface area contributed by atoms with Gasteiger partial charge in [-0.2, -0.15) is 0 Å². The quantitative estimate of drug-likeness (QED) is 0.588. The number of hydrogen-bond donors (Lipinski definition) is 1. The summed E-state index contributed by atoms with van der Waals surface area (Å²) in [6.07, 6.45) is 0.449. The average Bonchev–Trinajstić information content (AvgIpc) is 1.87. The van der Waals surface area contributed by atoms with Crippen molar-refractivity contribution in [2.75, 3.05) is 6.61 Å².